The second-order valence-corrected chi connectivity index (χ2v) is 22.6. The largest absolute Gasteiger partial charge is 0.311 e. The van der Waals surface area contributed by atoms with Gasteiger partial charge in [-0.2, -0.15) is 0 Å². The summed E-state index contributed by atoms with van der Waals surface area (Å²) in [4.78, 5) is 5.24. The molecule has 0 saturated heterocycles. The molecule has 0 fully saturated rings. The molecular weight excluding hydrogens is 1000 g/mol. The van der Waals surface area contributed by atoms with Gasteiger partial charge in [-0.3, -0.25) is 0 Å². The van der Waals surface area contributed by atoms with Crippen molar-refractivity contribution in [2.75, 3.05) is 9.80 Å². The first kappa shape index (κ1) is 46.1. The van der Waals surface area contributed by atoms with Gasteiger partial charge in [-0.25, -0.2) is 0 Å². The third-order valence-electron chi connectivity index (χ3n) is 18.6. The van der Waals surface area contributed by atoms with Gasteiger partial charge in [0.1, 0.15) is 0 Å². The predicted molar refractivity (Wildman–Crippen MR) is 347 cm³/mol. The van der Waals surface area contributed by atoms with Crippen molar-refractivity contribution in [2.45, 2.75) is 5.41 Å². The first-order valence-electron chi connectivity index (χ1n) is 28.9. The SMILES string of the molecule is c1ccc(-c2ccc(N3c4ccc(-c5ccccc5)cc4B4c5cc(-c6ccccc6)ccc5N(c5cccc6c5-c5ccccc5C65c6ccccc6-c6ccccc65)c5cc(-n6c7ccccc7c7ccccc76)cc3c54)cc2)cc1. The minimum atomic E-state index is -0.521. The van der Waals surface area contributed by atoms with Crippen molar-refractivity contribution >= 4 is 79.0 Å². The van der Waals surface area contributed by atoms with Crippen LogP contribution in [0.25, 0.3) is 83.1 Å². The van der Waals surface area contributed by atoms with E-state index < -0.39 is 5.41 Å². The van der Waals surface area contributed by atoms with E-state index in [1.807, 2.05) is 0 Å². The Hall–Kier alpha value is -10.7. The molecule has 0 bridgehead atoms. The van der Waals surface area contributed by atoms with Crippen LogP contribution in [0, 0.1) is 0 Å². The van der Waals surface area contributed by atoms with E-state index in [1.54, 1.807) is 0 Å². The molecule has 3 nitrogen and oxygen atoms in total. The van der Waals surface area contributed by atoms with Crippen LogP contribution in [-0.4, -0.2) is 11.3 Å². The maximum atomic E-state index is 2.67. The van der Waals surface area contributed by atoms with Crippen molar-refractivity contribution in [3.05, 3.63) is 326 Å². The van der Waals surface area contributed by atoms with Gasteiger partial charge in [0.25, 0.3) is 6.71 Å². The number of aromatic nitrogens is 1. The fourth-order valence-electron chi connectivity index (χ4n) is 15.2. The van der Waals surface area contributed by atoms with Crippen LogP contribution in [0.3, 0.4) is 0 Å². The molecule has 0 radical (unpaired) electrons. The monoisotopic (exact) mass is 1050 g/mol. The van der Waals surface area contributed by atoms with Crippen LogP contribution >= 0.6 is 0 Å². The summed E-state index contributed by atoms with van der Waals surface area (Å²) in [5.41, 5.74) is 31.2. The van der Waals surface area contributed by atoms with Crippen LogP contribution in [0.15, 0.2) is 303 Å². The molecule has 0 atom stereocenters. The van der Waals surface area contributed by atoms with Crippen LogP contribution in [0.4, 0.5) is 34.1 Å². The maximum Gasteiger partial charge on any atom is 0.252 e. The van der Waals surface area contributed by atoms with Crippen molar-refractivity contribution in [3.63, 3.8) is 0 Å². The number of benzene rings is 13. The fourth-order valence-corrected chi connectivity index (χ4v) is 15.2. The Morgan fingerprint density at radius 2 is 0.687 bits per heavy atom. The van der Waals surface area contributed by atoms with Crippen LogP contribution in [0.5, 0.6) is 0 Å². The Bertz CT molecular complexity index is 4890. The summed E-state index contributed by atoms with van der Waals surface area (Å²) in [5.74, 6) is 0. The molecule has 1 aromatic heterocycles. The average molecular weight is 1050 g/mol. The summed E-state index contributed by atoms with van der Waals surface area (Å²) < 4.78 is 2.51. The zero-order valence-electron chi connectivity index (χ0n) is 45.3. The molecule has 0 unspecified atom stereocenters. The molecule has 0 amide bonds. The van der Waals surface area contributed by atoms with Gasteiger partial charge in [-0.05, 0) is 143 Å². The lowest BCUT2D eigenvalue weighted by Gasteiger charge is -2.45. The van der Waals surface area contributed by atoms with Crippen molar-refractivity contribution in [2.24, 2.45) is 0 Å². The maximum absolute atomic E-state index is 2.67. The number of nitrogens with zero attached hydrogens (tertiary/aromatic N) is 3. The molecule has 83 heavy (non-hydrogen) atoms. The van der Waals surface area contributed by atoms with Crippen molar-refractivity contribution < 1.29 is 0 Å². The van der Waals surface area contributed by atoms with Crippen molar-refractivity contribution in [1.82, 2.24) is 4.57 Å². The van der Waals surface area contributed by atoms with E-state index in [2.05, 4.69) is 318 Å². The quantitative estimate of drug-likeness (QED) is 0.154. The van der Waals surface area contributed by atoms with E-state index in [0.29, 0.717) is 0 Å². The summed E-state index contributed by atoms with van der Waals surface area (Å²) >= 11 is 0. The van der Waals surface area contributed by atoms with Crippen LogP contribution in [0.2, 0.25) is 0 Å². The summed E-state index contributed by atoms with van der Waals surface area (Å²) in [6.45, 7) is -0.149. The summed E-state index contributed by atoms with van der Waals surface area (Å²) in [6, 6.07) is 114. The second-order valence-electron chi connectivity index (χ2n) is 22.6. The molecule has 384 valence electrons. The lowest BCUT2D eigenvalue weighted by atomic mass is 9.33. The van der Waals surface area contributed by atoms with Gasteiger partial charge in [0, 0.05) is 44.8 Å². The molecule has 13 aromatic carbocycles. The molecule has 4 aliphatic rings. The lowest BCUT2D eigenvalue weighted by Crippen LogP contribution is -2.61. The fraction of sp³-hybridized carbons (Fsp3) is 0.0127. The minimum absolute atomic E-state index is 0.149. The molecule has 2 aliphatic heterocycles. The molecule has 3 heterocycles. The van der Waals surface area contributed by atoms with E-state index in [9.17, 15) is 0 Å². The molecule has 18 rings (SSSR count). The number of para-hydroxylation sites is 2. The summed E-state index contributed by atoms with van der Waals surface area (Å²) in [7, 11) is 0. The molecule has 0 N–H and O–H groups in total. The number of hydrogen-bond donors (Lipinski definition) is 0. The topological polar surface area (TPSA) is 11.4 Å². The predicted octanol–water partition coefficient (Wildman–Crippen LogP) is 18.2. The molecule has 1 spiro atoms. The standard InChI is InChI=1S/C79H50BN3/c1-4-21-51(22-5-1)54-39-43-57(44-40-54)81-72-45-41-55(52-23-6-2-7-24-52)47-68(72)80-69-48-56(53-25-8-3-9-26-53)42-46-73(69)83(76-50-58(49-75(81)78(76)80)82-70-36-18-13-29-61(70)62-30-14-19-37-71(62)82)74-38-20-35-67-77(74)63-31-12-17-34-66(63)79(67)64-32-15-10-27-59(64)60-28-11-16-33-65(60)79/h1-50H. The Kier molecular flexibility index (Phi) is 9.81. The highest BCUT2D eigenvalue weighted by Gasteiger charge is 2.53. The molecule has 4 heteroatoms. The first-order valence-corrected chi connectivity index (χ1v) is 28.9. The van der Waals surface area contributed by atoms with Gasteiger partial charge in [0.15, 0.2) is 0 Å². The lowest BCUT2D eigenvalue weighted by molar-refractivity contribution is 0.794. The molecular formula is C79H50BN3. The average Bonchev–Trinajstić information content (AvgIpc) is 2.54. The number of anilines is 6. The van der Waals surface area contributed by atoms with Gasteiger partial charge in [0.05, 0.1) is 27.8 Å². The Morgan fingerprint density at radius 3 is 1.25 bits per heavy atom. The minimum Gasteiger partial charge on any atom is -0.311 e. The number of fused-ring (bicyclic) bond motifs is 17. The Labute approximate surface area is 483 Å². The van der Waals surface area contributed by atoms with E-state index >= 15 is 0 Å². The van der Waals surface area contributed by atoms with Gasteiger partial charge < -0.3 is 14.4 Å². The van der Waals surface area contributed by atoms with E-state index in [0.717, 1.165) is 28.4 Å². The zero-order chi connectivity index (χ0) is 54.3. The van der Waals surface area contributed by atoms with Crippen LogP contribution < -0.4 is 26.2 Å². The van der Waals surface area contributed by atoms with Gasteiger partial charge in [0.2, 0.25) is 0 Å². The highest BCUT2D eigenvalue weighted by Crippen LogP contribution is 2.65. The van der Waals surface area contributed by atoms with E-state index in [4.69, 9.17) is 0 Å². The van der Waals surface area contributed by atoms with E-state index in [-0.39, 0.29) is 6.71 Å². The molecule has 14 aromatic rings. The molecule has 2 aliphatic carbocycles. The smallest absolute Gasteiger partial charge is 0.252 e. The number of rotatable bonds is 6. The zero-order valence-corrected chi connectivity index (χ0v) is 45.3. The van der Waals surface area contributed by atoms with Crippen LogP contribution in [-0.2, 0) is 5.41 Å². The van der Waals surface area contributed by atoms with E-state index in [1.165, 1.54) is 127 Å². The Balaban J connectivity index is 0.985. The summed E-state index contributed by atoms with van der Waals surface area (Å²) in [6.07, 6.45) is 0. The van der Waals surface area contributed by atoms with Gasteiger partial charge in [-0.15, -0.1) is 0 Å². The third-order valence-corrected chi connectivity index (χ3v) is 18.6. The highest BCUT2D eigenvalue weighted by molar-refractivity contribution is 7.00. The van der Waals surface area contributed by atoms with Crippen molar-refractivity contribution in [1.29, 1.82) is 0 Å². The van der Waals surface area contributed by atoms with Gasteiger partial charge in [-0.1, -0.05) is 249 Å². The van der Waals surface area contributed by atoms with Crippen LogP contribution in [0.1, 0.15) is 22.3 Å². The second kappa shape index (κ2) is 17.7. The Morgan fingerprint density at radius 1 is 0.265 bits per heavy atom. The van der Waals surface area contributed by atoms with Gasteiger partial charge >= 0.3 is 0 Å². The summed E-state index contributed by atoms with van der Waals surface area (Å²) in [5, 5.41) is 2.46. The first-order chi connectivity index (χ1) is 41.2. The normalized spacial score (nSPS) is 13.6. The van der Waals surface area contributed by atoms with Crippen molar-refractivity contribution in [3.8, 4) is 61.3 Å². The third kappa shape index (κ3) is 6.46. The number of hydrogen-bond acceptors (Lipinski definition) is 2. The highest BCUT2D eigenvalue weighted by atomic mass is 15.2. The molecule has 0 saturated carbocycles.